The average Bonchev–Trinajstić information content (AvgIpc) is 2.78. The molecule has 0 aliphatic carbocycles. The third-order valence-corrected chi connectivity index (χ3v) is 5.42. The van der Waals surface area contributed by atoms with Gasteiger partial charge in [-0.25, -0.2) is 0 Å². The van der Waals surface area contributed by atoms with Crippen molar-refractivity contribution in [3.63, 3.8) is 0 Å². The average molecular weight is 403 g/mol. The van der Waals surface area contributed by atoms with Gasteiger partial charge in [0, 0.05) is 31.6 Å². The number of piperazine rings is 1. The molecule has 30 heavy (non-hydrogen) atoms. The third kappa shape index (κ3) is 3.85. The molecule has 154 valence electrons. The van der Waals surface area contributed by atoms with E-state index in [4.69, 9.17) is 4.74 Å². The second kappa shape index (κ2) is 8.53. The summed E-state index contributed by atoms with van der Waals surface area (Å²) in [6.07, 6.45) is 0. The molecule has 0 spiro atoms. The fourth-order valence-electron chi connectivity index (χ4n) is 3.81. The molecule has 3 aromatic rings. The number of aryl methyl sites for hydroxylation is 1. The number of pyridine rings is 1. The lowest BCUT2D eigenvalue weighted by atomic mass is 10.1. The monoisotopic (exact) mass is 403 g/mol. The van der Waals surface area contributed by atoms with Crippen LogP contribution in [0.2, 0.25) is 0 Å². The number of carbonyl (C=O) groups is 2. The van der Waals surface area contributed by atoms with Crippen LogP contribution in [0.15, 0.2) is 54.6 Å². The van der Waals surface area contributed by atoms with E-state index in [-0.39, 0.29) is 11.8 Å². The van der Waals surface area contributed by atoms with Gasteiger partial charge in [-0.3, -0.25) is 14.6 Å². The van der Waals surface area contributed by atoms with Crippen molar-refractivity contribution in [3.05, 3.63) is 71.4 Å². The van der Waals surface area contributed by atoms with Gasteiger partial charge in [0.15, 0.2) is 0 Å². The summed E-state index contributed by atoms with van der Waals surface area (Å²) in [5.41, 5.74) is 2.79. The molecule has 2 amide bonds. The fourth-order valence-corrected chi connectivity index (χ4v) is 3.81. The molecule has 0 bridgehead atoms. The van der Waals surface area contributed by atoms with Crippen LogP contribution in [0, 0.1) is 6.92 Å². The van der Waals surface area contributed by atoms with Crippen LogP contribution in [0.3, 0.4) is 0 Å². The Hall–Kier alpha value is -3.41. The maximum atomic E-state index is 13.1. The van der Waals surface area contributed by atoms with Crippen LogP contribution >= 0.6 is 0 Å². The van der Waals surface area contributed by atoms with E-state index in [1.54, 1.807) is 15.9 Å². The first-order chi connectivity index (χ1) is 14.6. The number of carbonyl (C=O) groups excluding carboxylic acids is 2. The topological polar surface area (TPSA) is 62.7 Å². The Balaban J connectivity index is 1.46. The number of benzene rings is 2. The summed E-state index contributed by atoms with van der Waals surface area (Å²) >= 11 is 0. The molecule has 1 fully saturated rings. The van der Waals surface area contributed by atoms with E-state index in [2.05, 4.69) is 4.98 Å². The van der Waals surface area contributed by atoms with Crippen molar-refractivity contribution in [1.82, 2.24) is 14.8 Å². The summed E-state index contributed by atoms with van der Waals surface area (Å²) in [7, 11) is 0. The first-order valence-corrected chi connectivity index (χ1v) is 10.2. The van der Waals surface area contributed by atoms with Gasteiger partial charge < -0.3 is 14.5 Å². The van der Waals surface area contributed by atoms with Crippen molar-refractivity contribution in [3.8, 4) is 5.75 Å². The summed E-state index contributed by atoms with van der Waals surface area (Å²) in [6.45, 7) is 6.24. The normalized spacial score (nSPS) is 14.1. The van der Waals surface area contributed by atoms with Crippen LogP contribution in [-0.2, 0) is 0 Å². The Bertz CT molecular complexity index is 1090. The lowest BCUT2D eigenvalue weighted by Crippen LogP contribution is -2.50. The lowest BCUT2D eigenvalue weighted by molar-refractivity contribution is 0.0532. The van der Waals surface area contributed by atoms with Gasteiger partial charge >= 0.3 is 0 Å². The van der Waals surface area contributed by atoms with E-state index in [9.17, 15) is 9.59 Å². The maximum absolute atomic E-state index is 13.1. The number of amides is 2. The summed E-state index contributed by atoms with van der Waals surface area (Å²) in [5.74, 6) is 0.503. The second-order valence-corrected chi connectivity index (χ2v) is 7.33. The van der Waals surface area contributed by atoms with Crippen LogP contribution < -0.4 is 4.74 Å². The minimum Gasteiger partial charge on any atom is -0.493 e. The summed E-state index contributed by atoms with van der Waals surface area (Å²) in [5, 5.41) is 0.952. The molecule has 6 nitrogen and oxygen atoms in total. The molecule has 0 saturated carbocycles. The van der Waals surface area contributed by atoms with Crippen molar-refractivity contribution in [2.45, 2.75) is 13.8 Å². The number of rotatable bonds is 4. The highest BCUT2D eigenvalue weighted by molar-refractivity contribution is 5.99. The van der Waals surface area contributed by atoms with Gasteiger partial charge in [-0.2, -0.15) is 0 Å². The lowest BCUT2D eigenvalue weighted by Gasteiger charge is -2.35. The summed E-state index contributed by atoms with van der Waals surface area (Å²) in [4.78, 5) is 34.3. The predicted molar refractivity (Wildman–Crippen MR) is 116 cm³/mol. The molecule has 2 heterocycles. The molecule has 1 aliphatic rings. The Morgan fingerprint density at radius 2 is 1.50 bits per heavy atom. The number of para-hydroxylation sites is 2. The van der Waals surface area contributed by atoms with E-state index >= 15 is 0 Å². The van der Waals surface area contributed by atoms with Crippen LogP contribution in [0.5, 0.6) is 5.75 Å². The highest BCUT2D eigenvalue weighted by Crippen LogP contribution is 2.22. The molecular weight excluding hydrogens is 378 g/mol. The van der Waals surface area contributed by atoms with Crippen LogP contribution in [-0.4, -0.2) is 59.4 Å². The van der Waals surface area contributed by atoms with Crippen molar-refractivity contribution in [1.29, 1.82) is 0 Å². The molecule has 4 rings (SSSR count). The summed E-state index contributed by atoms with van der Waals surface area (Å²) < 4.78 is 5.60. The number of ether oxygens (including phenoxy) is 1. The molecule has 1 saturated heterocycles. The number of fused-ring (bicyclic) bond motifs is 1. The number of hydrogen-bond donors (Lipinski definition) is 0. The van der Waals surface area contributed by atoms with Gasteiger partial charge in [0.1, 0.15) is 5.75 Å². The van der Waals surface area contributed by atoms with Gasteiger partial charge in [-0.1, -0.05) is 30.3 Å². The van der Waals surface area contributed by atoms with Gasteiger partial charge in [0.05, 0.1) is 28.9 Å². The van der Waals surface area contributed by atoms with Crippen LogP contribution in [0.25, 0.3) is 10.9 Å². The van der Waals surface area contributed by atoms with Crippen LogP contribution in [0.1, 0.15) is 33.3 Å². The SMILES string of the molecule is CCOc1ccccc1C(=O)N1CCN(C(=O)c2cc3ccccc3nc2C)CC1. The molecule has 2 aromatic carbocycles. The molecular formula is C24H25N3O3. The maximum Gasteiger partial charge on any atom is 0.257 e. The fraction of sp³-hybridized carbons (Fsp3) is 0.292. The molecule has 0 unspecified atom stereocenters. The quantitative estimate of drug-likeness (QED) is 0.669. The van der Waals surface area contributed by atoms with E-state index < -0.39 is 0 Å². The van der Waals surface area contributed by atoms with Crippen LogP contribution in [0.4, 0.5) is 0 Å². The van der Waals surface area contributed by atoms with E-state index in [0.717, 1.165) is 16.6 Å². The molecule has 0 N–H and O–H groups in total. The molecule has 1 aliphatic heterocycles. The van der Waals surface area contributed by atoms with Crippen molar-refractivity contribution in [2.24, 2.45) is 0 Å². The zero-order valence-electron chi connectivity index (χ0n) is 17.3. The number of nitrogens with zero attached hydrogens (tertiary/aromatic N) is 3. The van der Waals surface area contributed by atoms with Gasteiger partial charge in [-0.05, 0) is 38.1 Å². The zero-order valence-corrected chi connectivity index (χ0v) is 17.3. The smallest absolute Gasteiger partial charge is 0.257 e. The van der Waals surface area contributed by atoms with Gasteiger partial charge in [0.2, 0.25) is 0 Å². The minimum absolute atomic E-state index is 0.0347. The predicted octanol–water partition coefficient (Wildman–Crippen LogP) is 3.54. The molecule has 1 aromatic heterocycles. The minimum atomic E-state index is -0.0605. The third-order valence-electron chi connectivity index (χ3n) is 5.42. The van der Waals surface area contributed by atoms with E-state index in [1.165, 1.54) is 0 Å². The van der Waals surface area contributed by atoms with Crippen molar-refractivity contribution < 1.29 is 14.3 Å². The highest BCUT2D eigenvalue weighted by Gasteiger charge is 2.27. The number of hydrogen-bond acceptors (Lipinski definition) is 4. The number of aromatic nitrogens is 1. The molecule has 0 radical (unpaired) electrons. The first-order valence-electron chi connectivity index (χ1n) is 10.2. The highest BCUT2D eigenvalue weighted by atomic mass is 16.5. The zero-order chi connectivity index (χ0) is 21.1. The van der Waals surface area contributed by atoms with E-state index in [0.29, 0.717) is 49.7 Å². The molecule has 0 atom stereocenters. The largest absolute Gasteiger partial charge is 0.493 e. The summed E-state index contributed by atoms with van der Waals surface area (Å²) in [6, 6.07) is 17.0. The van der Waals surface area contributed by atoms with Crippen molar-refractivity contribution >= 4 is 22.7 Å². The Morgan fingerprint density at radius 1 is 0.900 bits per heavy atom. The Kier molecular flexibility index (Phi) is 5.65. The van der Waals surface area contributed by atoms with Gasteiger partial charge in [-0.15, -0.1) is 0 Å². The van der Waals surface area contributed by atoms with Gasteiger partial charge in [0.25, 0.3) is 11.8 Å². The second-order valence-electron chi connectivity index (χ2n) is 7.33. The van der Waals surface area contributed by atoms with Crippen molar-refractivity contribution in [2.75, 3.05) is 32.8 Å². The standard InChI is InChI=1S/C24H25N3O3/c1-3-30-22-11-7-5-9-19(22)23(28)26-12-14-27(15-13-26)24(29)20-16-18-8-4-6-10-21(18)25-17(20)2/h4-11,16H,3,12-15H2,1-2H3. The first kappa shape index (κ1) is 19.9. The Labute approximate surface area is 176 Å². The van der Waals surface area contributed by atoms with E-state index in [1.807, 2.05) is 62.4 Å². The molecule has 6 heteroatoms. The Morgan fingerprint density at radius 3 is 2.20 bits per heavy atom.